The minimum Gasteiger partial charge on any atom is -0.444 e. The van der Waals surface area contributed by atoms with Crippen molar-refractivity contribution in [2.45, 2.75) is 32.5 Å². The average molecular weight is 253 g/mol. The number of carbonyl (C=O) groups is 1. The fraction of sp³-hybridized carbons (Fsp3) is 0.667. The van der Waals surface area contributed by atoms with Crippen molar-refractivity contribution in [2.24, 2.45) is 0 Å². The molecule has 0 spiro atoms. The van der Waals surface area contributed by atoms with Crippen LogP contribution >= 0.6 is 0 Å². The Bertz CT molecular complexity index is 397. The first-order valence-corrected chi connectivity index (χ1v) is 6.03. The first-order chi connectivity index (χ1) is 8.46. The van der Waals surface area contributed by atoms with Crippen molar-refractivity contribution in [1.29, 1.82) is 0 Å². The van der Waals surface area contributed by atoms with Gasteiger partial charge >= 0.3 is 6.09 Å². The topological polar surface area (TPSA) is 67.4 Å². The van der Waals surface area contributed by atoms with E-state index in [9.17, 15) is 4.79 Å². The first-order valence-electron chi connectivity index (χ1n) is 6.03. The first kappa shape index (κ1) is 12.9. The summed E-state index contributed by atoms with van der Waals surface area (Å²) >= 11 is 0. The van der Waals surface area contributed by atoms with E-state index in [4.69, 9.17) is 9.47 Å². The number of aromatic nitrogens is 2. The lowest BCUT2D eigenvalue weighted by Gasteiger charge is -2.33. The van der Waals surface area contributed by atoms with E-state index in [-0.39, 0.29) is 12.2 Å². The molecule has 2 heterocycles. The van der Waals surface area contributed by atoms with Crippen LogP contribution in [0.1, 0.15) is 32.6 Å². The molecule has 0 saturated carbocycles. The number of aromatic amines is 1. The molecule has 1 fully saturated rings. The van der Waals surface area contributed by atoms with Crippen molar-refractivity contribution in [3.8, 4) is 0 Å². The van der Waals surface area contributed by atoms with Crippen LogP contribution in [0.3, 0.4) is 0 Å². The quantitative estimate of drug-likeness (QED) is 0.827. The fourth-order valence-corrected chi connectivity index (χ4v) is 1.77. The number of ether oxygens (including phenoxy) is 2. The zero-order chi connectivity index (χ0) is 13.2. The predicted molar refractivity (Wildman–Crippen MR) is 65.1 cm³/mol. The summed E-state index contributed by atoms with van der Waals surface area (Å²) in [7, 11) is 0. The molecule has 0 bridgehead atoms. The molecule has 1 aliphatic heterocycles. The van der Waals surface area contributed by atoms with Crippen molar-refractivity contribution < 1.29 is 14.3 Å². The number of nitrogens with one attached hydrogen (secondary N) is 1. The molecule has 0 radical (unpaired) electrons. The number of H-pyrrole nitrogens is 1. The lowest BCUT2D eigenvalue weighted by Crippen LogP contribution is -2.44. The van der Waals surface area contributed by atoms with E-state index in [1.807, 2.05) is 20.8 Å². The molecule has 1 amide bonds. The second-order valence-corrected chi connectivity index (χ2v) is 5.29. The van der Waals surface area contributed by atoms with E-state index in [1.54, 1.807) is 17.4 Å². The Labute approximate surface area is 106 Å². The molecular formula is C12H19N3O3. The summed E-state index contributed by atoms with van der Waals surface area (Å²) in [6.07, 6.45) is 2.86. The molecule has 1 atom stereocenters. The van der Waals surface area contributed by atoms with Crippen LogP contribution in [0.15, 0.2) is 12.5 Å². The minimum atomic E-state index is -0.473. The Hall–Kier alpha value is -1.56. The Morgan fingerprint density at radius 2 is 2.39 bits per heavy atom. The van der Waals surface area contributed by atoms with E-state index in [0.29, 0.717) is 19.7 Å². The molecule has 1 aliphatic rings. The maximum Gasteiger partial charge on any atom is 0.410 e. The zero-order valence-electron chi connectivity index (χ0n) is 11.0. The van der Waals surface area contributed by atoms with Crippen molar-refractivity contribution in [2.75, 3.05) is 19.7 Å². The van der Waals surface area contributed by atoms with E-state index < -0.39 is 5.60 Å². The highest BCUT2D eigenvalue weighted by Gasteiger charge is 2.29. The summed E-state index contributed by atoms with van der Waals surface area (Å²) in [6, 6.07) is 0. The lowest BCUT2D eigenvalue weighted by molar-refractivity contribution is -0.0445. The van der Waals surface area contributed by atoms with Gasteiger partial charge in [0, 0.05) is 6.54 Å². The minimum absolute atomic E-state index is 0.159. The van der Waals surface area contributed by atoms with Crippen LogP contribution in [0, 0.1) is 0 Å². The molecule has 0 aliphatic carbocycles. The molecule has 2 rings (SSSR count). The molecule has 6 heteroatoms. The standard InChI is InChI=1S/C12H19N3O3/c1-12(2,3)18-11(16)15-4-5-17-10(7-15)9-6-13-8-14-9/h6,8,10H,4-5,7H2,1-3H3,(H,13,14). The SMILES string of the molecule is CC(C)(C)OC(=O)N1CCOC(c2cnc[nH]2)C1. The van der Waals surface area contributed by atoms with E-state index in [2.05, 4.69) is 9.97 Å². The van der Waals surface area contributed by atoms with Crippen LogP contribution in [0.2, 0.25) is 0 Å². The number of hydrogen-bond donors (Lipinski definition) is 1. The number of nitrogens with zero attached hydrogens (tertiary/aromatic N) is 2. The largest absolute Gasteiger partial charge is 0.444 e. The number of rotatable bonds is 1. The Balaban J connectivity index is 1.96. The third kappa shape index (κ3) is 3.22. The number of carbonyl (C=O) groups excluding carboxylic acids is 1. The third-order valence-corrected chi connectivity index (χ3v) is 2.58. The Morgan fingerprint density at radius 1 is 1.61 bits per heavy atom. The number of hydrogen-bond acceptors (Lipinski definition) is 4. The maximum absolute atomic E-state index is 12.0. The van der Waals surface area contributed by atoms with Crippen LogP contribution in [0.5, 0.6) is 0 Å². The molecular weight excluding hydrogens is 234 g/mol. The van der Waals surface area contributed by atoms with Crippen molar-refractivity contribution in [3.05, 3.63) is 18.2 Å². The maximum atomic E-state index is 12.0. The van der Waals surface area contributed by atoms with Gasteiger partial charge < -0.3 is 19.4 Å². The van der Waals surface area contributed by atoms with E-state index in [0.717, 1.165) is 5.69 Å². The number of imidazole rings is 1. The van der Waals surface area contributed by atoms with Crippen molar-refractivity contribution in [3.63, 3.8) is 0 Å². The van der Waals surface area contributed by atoms with Gasteiger partial charge in [0.15, 0.2) is 0 Å². The van der Waals surface area contributed by atoms with Gasteiger partial charge in [-0.1, -0.05) is 0 Å². The highest BCUT2D eigenvalue weighted by Crippen LogP contribution is 2.21. The Morgan fingerprint density at radius 3 is 3.00 bits per heavy atom. The second kappa shape index (κ2) is 4.97. The molecule has 18 heavy (non-hydrogen) atoms. The number of morpholine rings is 1. The predicted octanol–water partition coefficient (Wildman–Crippen LogP) is 1.72. The van der Waals surface area contributed by atoms with Crippen LogP contribution in [0.4, 0.5) is 4.79 Å². The van der Waals surface area contributed by atoms with Crippen LogP contribution < -0.4 is 0 Å². The van der Waals surface area contributed by atoms with Gasteiger partial charge in [0.2, 0.25) is 0 Å². The lowest BCUT2D eigenvalue weighted by atomic mass is 10.2. The van der Waals surface area contributed by atoms with Crippen LogP contribution in [-0.2, 0) is 9.47 Å². The Kier molecular flexibility index (Phi) is 3.56. The molecule has 1 unspecified atom stereocenters. The second-order valence-electron chi connectivity index (χ2n) is 5.29. The highest BCUT2D eigenvalue weighted by molar-refractivity contribution is 5.68. The van der Waals surface area contributed by atoms with Gasteiger partial charge in [-0.2, -0.15) is 0 Å². The number of amides is 1. The molecule has 6 nitrogen and oxygen atoms in total. The summed E-state index contributed by atoms with van der Waals surface area (Å²) in [4.78, 5) is 20.6. The molecule has 1 saturated heterocycles. The summed E-state index contributed by atoms with van der Waals surface area (Å²) in [5.74, 6) is 0. The monoisotopic (exact) mass is 253 g/mol. The van der Waals surface area contributed by atoms with Gasteiger partial charge in [-0.15, -0.1) is 0 Å². The summed E-state index contributed by atoms with van der Waals surface area (Å²) in [5, 5.41) is 0. The van der Waals surface area contributed by atoms with Gasteiger partial charge in [-0.05, 0) is 20.8 Å². The van der Waals surface area contributed by atoms with Gasteiger partial charge in [0.05, 0.1) is 31.4 Å². The molecule has 0 aromatic carbocycles. The molecule has 1 aromatic rings. The fourth-order valence-electron chi connectivity index (χ4n) is 1.77. The third-order valence-electron chi connectivity index (χ3n) is 2.58. The van der Waals surface area contributed by atoms with Crippen LogP contribution in [-0.4, -0.2) is 46.3 Å². The summed E-state index contributed by atoms with van der Waals surface area (Å²) < 4.78 is 11.0. The normalized spacial score (nSPS) is 20.8. The molecule has 1 N–H and O–H groups in total. The highest BCUT2D eigenvalue weighted by atomic mass is 16.6. The molecule has 100 valence electrons. The van der Waals surface area contributed by atoms with Gasteiger partial charge in [-0.25, -0.2) is 9.78 Å². The molecule has 1 aromatic heterocycles. The van der Waals surface area contributed by atoms with Crippen molar-refractivity contribution >= 4 is 6.09 Å². The van der Waals surface area contributed by atoms with E-state index >= 15 is 0 Å². The van der Waals surface area contributed by atoms with Crippen molar-refractivity contribution in [1.82, 2.24) is 14.9 Å². The summed E-state index contributed by atoms with van der Waals surface area (Å²) in [5.41, 5.74) is 0.405. The van der Waals surface area contributed by atoms with E-state index in [1.165, 1.54) is 0 Å². The van der Waals surface area contributed by atoms with Gasteiger partial charge in [0.25, 0.3) is 0 Å². The smallest absolute Gasteiger partial charge is 0.410 e. The van der Waals surface area contributed by atoms with Gasteiger partial charge in [-0.3, -0.25) is 0 Å². The van der Waals surface area contributed by atoms with Gasteiger partial charge in [0.1, 0.15) is 11.7 Å². The van der Waals surface area contributed by atoms with Crippen LogP contribution in [0.25, 0.3) is 0 Å². The zero-order valence-corrected chi connectivity index (χ0v) is 11.0. The average Bonchev–Trinajstić information content (AvgIpc) is 2.80. The summed E-state index contributed by atoms with van der Waals surface area (Å²) in [6.45, 7) is 7.12.